The number of likely N-dealkylation sites (N-methyl/N-ethyl adjacent to an activating group) is 1. The van der Waals surface area contributed by atoms with Gasteiger partial charge in [-0.25, -0.2) is 0 Å². The molecule has 18 heavy (non-hydrogen) atoms. The smallest absolute Gasteiger partial charge is 0.118 e. The predicted molar refractivity (Wildman–Crippen MR) is 75.1 cm³/mol. The minimum Gasteiger partial charge on any atom is -0.497 e. The highest BCUT2D eigenvalue weighted by Crippen LogP contribution is 2.21. The van der Waals surface area contributed by atoms with Crippen molar-refractivity contribution in [3.63, 3.8) is 0 Å². The third-order valence-corrected chi connectivity index (χ3v) is 3.13. The first-order valence-electron chi connectivity index (χ1n) is 6.65. The number of rotatable bonds is 8. The summed E-state index contributed by atoms with van der Waals surface area (Å²) in [5.74, 6) is 0.883. The van der Waals surface area contributed by atoms with E-state index in [-0.39, 0.29) is 12.1 Å². The van der Waals surface area contributed by atoms with E-state index in [0.29, 0.717) is 0 Å². The summed E-state index contributed by atoms with van der Waals surface area (Å²) in [5.41, 5.74) is 1.22. The lowest BCUT2D eigenvalue weighted by atomic mass is 10.0. The molecule has 0 aliphatic rings. The molecular formula is C15H25NO2. The van der Waals surface area contributed by atoms with Gasteiger partial charge in [-0.1, -0.05) is 25.5 Å². The number of methoxy groups -OCH3 is 1. The topological polar surface area (TPSA) is 30.5 Å². The van der Waals surface area contributed by atoms with Gasteiger partial charge in [-0.3, -0.25) is 0 Å². The molecule has 0 heterocycles. The molecule has 1 aromatic rings. The average molecular weight is 251 g/mol. The van der Waals surface area contributed by atoms with Crippen LogP contribution in [0.2, 0.25) is 0 Å². The predicted octanol–water partition coefficient (Wildman–Crippen LogP) is 3.16. The fourth-order valence-electron chi connectivity index (χ4n) is 1.99. The van der Waals surface area contributed by atoms with Crippen molar-refractivity contribution in [1.82, 2.24) is 5.32 Å². The molecule has 102 valence electrons. The summed E-state index contributed by atoms with van der Waals surface area (Å²) in [6, 6.07) is 8.35. The van der Waals surface area contributed by atoms with Crippen LogP contribution in [0.1, 0.15) is 38.3 Å². The molecular weight excluding hydrogens is 226 g/mol. The van der Waals surface area contributed by atoms with E-state index in [4.69, 9.17) is 9.47 Å². The highest BCUT2D eigenvalue weighted by Gasteiger charge is 2.17. The van der Waals surface area contributed by atoms with Crippen molar-refractivity contribution in [2.24, 2.45) is 0 Å². The lowest BCUT2D eigenvalue weighted by molar-refractivity contribution is 0.0387. The van der Waals surface area contributed by atoms with Crippen LogP contribution in [0.3, 0.4) is 0 Å². The van der Waals surface area contributed by atoms with Gasteiger partial charge in [0.05, 0.1) is 19.3 Å². The molecule has 1 rings (SSSR count). The van der Waals surface area contributed by atoms with Gasteiger partial charge < -0.3 is 14.8 Å². The van der Waals surface area contributed by atoms with Crippen molar-refractivity contribution >= 4 is 0 Å². The zero-order valence-electron chi connectivity index (χ0n) is 11.9. The van der Waals surface area contributed by atoms with Crippen LogP contribution in [0.25, 0.3) is 0 Å². The van der Waals surface area contributed by atoms with Crippen LogP contribution in [0.4, 0.5) is 0 Å². The molecule has 0 bridgehead atoms. The maximum Gasteiger partial charge on any atom is 0.118 e. The maximum atomic E-state index is 5.85. The van der Waals surface area contributed by atoms with Crippen molar-refractivity contribution < 1.29 is 9.47 Å². The Morgan fingerprint density at radius 1 is 1.22 bits per heavy atom. The Balaban J connectivity index is 2.62. The van der Waals surface area contributed by atoms with Crippen LogP contribution >= 0.6 is 0 Å². The summed E-state index contributed by atoms with van der Waals surface area (Å²) < 4.78 is 11.0. The molecule has 1 N–H and O–H groups in total. The van der Waals surface area contributed by atoms with Gasteiger partial charge in [0.1, 0.15) is 5.75 Å². The van der Waals surface area contributed by atoms with Gasteiger partial charge in [-0.15, -0.1) is 0 Å². The first-order valence-corrected chi connectivity index (χ1v) is 6.65. The SMILES string of the molecule is CCCCOC(C)C(NC)c1ccc(OC)cc1. The van der Waals surface area contributed by atoms with Gasteiger partial charge in [0, 0.05) is 6.61 Å². The number of nitrogens with one attached hydrogen (secondary N) is 1. The van der Waals surface area contributed by atoms with E-state index in [9.17, 15) is 0 Å². The summed E-state index contributed by atoms with van der Waals surface area (Å²) in [6.45, 7) is 5.11. The van der Waals surface area contributed by atoms with Gasteiger partial charge in [0.2, 0.25) is 0 Å². The van der Waals surface area contributed by atoms with Gasteiger partial charge in [-0.2, -0.15) is 0 Å². The molecule has 2 unspecified atom stereocenters. The maximum absolute atomic E-state index is 5.85. The van der Waals surface area contributed by atoms with E-state index in [2.05, 4.69) is 31.3 Å². The Morgan fingerprint density at radius 2 is 1.89 bits per heavy atom. The lowest BCUT2D eigenvalue weighted by Gasteiger charge is -2.24. The van der Waals surface area contributed by atoms with E-state index in [1.54, 1.807) is 7.11 Å². The van der Waals surface area contributed by atoms with Crippen LogP contribution in [-0.2, 0) is 4.74 Å². The van der Waals surface area contributed by atoms with Crippen molar-refractivity contribution in [2.45, 2.75) is 38.8 Å². The largest absolute Gasteiger partial charge is 0.497 e. The number of benzene rings is 1. The second-order valence-corrected chi connectivity index (χ2v) is 4.47. The third kappa shape index (κ3) is 4.31. The van der Waals surface area contributed by atoms with E-state index >= 15 is 0 Å². The summed E-state index contributed by atoms with van der Waals surface area (Å²) in [5, 5.41) is 3.32. The molecule has 0 radical (unpaired) electrons. The standard InChI is InChI=1S/C15H25NO2/c1-5-6-11-18-12(2)15(16-3)13-7-9-14(17-4)10-8-13/h7-10,12,15-16H,5-6,11H2,1-4H3. The van der Waals surface area contributed by atoms with Crippen LogP contribution in [0, 0.1) is 0 Å². The normalized spacial score (nSPS) is 14.2. The highest BCUT2D eigenvalue weighted by molar-refractivity contribution is 5.29. The average Bonchev–Trinajstić information content (AvgIpc) is 2.41. The number of hydrogen-bond donors (Lipinski definition) is 1. The summed E-state index contributed by atoms with van der Waals surface area (Å²) in [6.07, 6.45) is 2.44. The van der Waals surface area contributed by atoms with E-state index in [1.807, 2.05) is 19.2 Å². The summed E-state index contributed by atoms with van der Waals surface area (Å²) >= 11 is 0. The Kier molecular flexibility index (Phi) is 6.76. The summed E-state index contributed by atoms with van der Waals surface area (Å²) in [7, 11) is 3.65. The zero-order valence-corrected chi connectivity index (χ0v) is 11.9. The molecule has 0 saturated heterocycles. The number of hydrogen-bond acceptors (Lipinski definition) is 3. The second kappa shape index (κ2) is 8.11. The zero-order chi connectivity index (χ0) is 13.4. The van der Waals surface area contributed by atoms with Crippen molar-refractivity contribution in [3.8, 4) is 5.75 Å². The second-order valence-electron chi connectivity index (χ2n) is 4.47. The number of unbranched alkanes of at least 4 members (excludes halogenated alkanes) is 1. The number of ether oxygens (including phenoxy) is 2. The van der Waals surface area contributed by atoms with Crippen LogP contribution in [0.5, 0.6) is 5.75 Å². The van der Waals surface area contributed by atoms with Gasteiger partial charge in [0.25, 0.3) is 0 Å². The molecule has 3 nitrogen and oxygen atoms in total. The Morgan fingerprint density at radius 3 is 2.39 bits per heavy atom. The van der Waals surface area contributed by atoms with Crippen molar-refractivity contribution in [3.05, 3.63) is 29.8 Å². The van der Waals surface area contributed by atoms with E-state index < -0.39 is 0 Å². The van der Waals surface area contributed by atoms with Gasteiger partial charge in [-0.05, 0) is 38.1 Å². The quantitative estimate of drug-likeness (QED) is 0.720. The van der Waals surface area contributed by atoms with Crippen molar-refractivity contribution in [1.29, 1.82) is 0 Å². The van der Waals surface area contributed by atoms with E-state index in [0.717, 1.165) is 18.8 Å². The monoisotopic (exact) mass is 251 g/mol. The molecule has 0 aromatic heterocycles. The lowest BCUT2D eigenvalue weighted by Crippen LogP contribution is -2.29. The molecule has 0 fully saturated rings. The van der Waals surface area contributed by atoms with Crippen LogP contribution < -0.4 is 10.1 Å². The Labute approximate surface area is 110 Å². The van der Waals surface area contributed by atoms with E-state index in [1.165, 1.54) is 12.0 Å². The minimum absolute atomic E-state index is 0.162. The molecule has 0 amide bonds. The molecule has 3 heteroatoms. The summed E-state index contributed by atoms with van der Waals surface area (Å²) in [4.78, 5) is 0. The molecule has 2 atom stereocenters. The van der Waals surface area contributed by atoms with Crippen LogP contribution in [-0.4, -0.2) is 26.9 Å². The Bertz CT molecular complexity index is 324. The molecule has 0 aliphatic heterocycles. The fourth-order valence-corrected chi connectivity index (χ4v) is 1.99. The fraction of sp³-hybridized carbons (Fsp3) is 0.600. The minimum atomic E-state index is 0.162. The Hall–Kier alpha value is -1.06. The van der Waals surface area contributed by atoms with Crippen molar-refractivity contribution in [2.75, 3.05) is 20.8 Å². The molecule has 0 aliphatic carbocycles. The van der Waals surface area contributed by atoms with Crippen LogP contribution in [0.15, 0.2) is 24.3 Å². The van der Waals surface area contributed by atoms with Gasteiger partial charge >= 0.3 is 0 Å². The first-order chi connectivity index (χ1) is 8.72. The highest BCUT2D eigenvalue weighted by atomic mass is 16.5. The molecule has 0 saturated carbocycles. The third-order valence-electron chi connectivity index (χ3n) is 3.13. The molecule has 1 aromatic carbocycles. The van der Waals surface area contributed by atoms with Gasteiger partial charge in [0.15, 0.2) is 0 Å². The molecule has 0 spiro atoms. The first kappa shape index (κ1) is 15.0.